The van der Waals surface area contributed by atoms with Gasteiger partial charge in [-0.1, -0.05) is 35.9 Å². The van der Waals surface area contributed by atoms with Crippen LogP contribution in [0.3, 0.4) is 0 Å². The van der Waals surface area contributed by atoms with Crippen molar-refractivity contribution < 1.29 is 29.0 Å². The largest absolute Gasteiger partial charge is 0.493 e. The molecule has 0 radical (unpaired) electrons. The number of carbonyl (C=O) groups is 3. The SMILES string of the molecule is COc1cc(/C=C2/NC(=O)N(c3cccc(Cl)c3)C2=O)ccc1OCc1cccc(C(=O)O)c1. The molecule has 0 bridgehead atoms. The lowest BCUT2D eigenvalue weighted by molar-refractivity contribution is -0.113. The topological polar surface area (TPSA) is 105 Å². The van der Waals surface area contributed by atoms with Crippen molar-refractivity contribution in [2.45, 2.75) is 6.61 Å². The van der Waals surface area contributed by atoms with Crippen LogP contribution in [-0.4, -0.2) is 30.1 Å². The number of hydrogen-bond donors (Lipinski definition) is 2. The predicted molar refractivity (Wildman–Crippen MR) is 126 cm³/mol. The van der Waals surface area contributed by atoms with E-state index in [9.17, 15) is 14.4 Å². The number of ether oxygens (including phenoxy) is 2. The summed E-state index contributed by atoms with van der Waals surface area (Å²) in [7, 11) is 1.48. The number of carboxylic acid groups (broad SMARTS) is 1. The Morgan fingerprint density at radius 1 is 1.06 bits per heavy atom. The summed E-state index contributed by atoms with van der Waals surface area (Å²) >= 11 is 5.98. The molecule has 0 saturated carbocycles. The fourth-order valence-electron chi connectivity index (χ4n) is 3.40. The zero-order valence-corrected chi connectivity index (χ0v) is 18.7. The number of urea groups is 1. The van der Waals surface area contributed by atoms with Gasteiger partial charge in [0.25, 0.3) is 5.91 Å². The number of carbonyl (C=O) groups excluding carboxylic acids is 2. The van der Waals surface area contributed by atoms with Crippen molar-refractivity contribution in [1.82, 2.24) is 5.32 Å². The van der Waals surface area contributed by atoms with Crippen molar-refractivity contribution in [2.24, 2.45) is 0 Å². The molecule has 3 aromatic rings. The molecule has 1 aliphatic heterocycles. The van der Waals surface area contributed by atoms with Gasteiger partial charge in [-0.2, -0.15) is 0 Å². The van der Waals surface area contributed by atoms with Crippen molar-refractivity contribution >= 4 is 41.3 Å². The second-order valence-electron chi connectivity index (χ2n) is 7.31. The first-order valence-corrected chi connectivity index (χ1v) is 10.5. The van der Waals surface area contributed by atoms with Crippen LogP contribution < -0.4 is 19.7 Å². The second-order valence-corrected chi connectivity index (χ2v) is 7.75. The molecule has 3 aromatic carbocycles. The Hall–Kier alpha value is -4.30. The van der Waals surface area contributed by atoms with E-state index in [4.69, 9.17) is 26.2 Å². The zero-order valence-electron chi connectivity index (χ0n) is 17.9. The summed E-state index contributed by atoms with van der Waals surface area (Å²) in [5.41, 5.74) is 1.94. The maximum absolute atomic E-state index is 12.8. The number of rotatable bonds is 7. The van der Waals surface area contributed by atoms with Crippen LogP contribution in [0, 0.1) is 0 Å². The number of benzene rings is 3. The highest BCUT2D eigenvalue weighted by molar-refractivity contribution is 6.32. The minimum Gasteiger partial charge on any atom is -0.493 e. The third kappa shape index (κ3) is 4.87. The second kappa shape index (κ2) is 9.68. The molecule has 1 aliphatic rings. The number of imide groups is 1. The van der Waals surface area contributed by atoms with E-state index in [2.05, 4.69) is 5.32 Å². The molecule has 1 heterocycles. The molecule has 8 nitrogen and oxygen atoms in total. The monoisotopic (exact) mass is 478 g/mol. The fourth-order valence-corrected chi connectivity index (χ4v) is 3.58. The van der Waals surface area contributed by atoms with Crippen LogP contribution in [0.4, 0.5) is 10.5 Å². The molecule has 34 heavy (non-hydrogen) atoms. The summed E-state index contributed by atoms with van der Waals surface area (Å²) in [6.07, 6.45) is 1.54. The van der Waals surface area contributed by atoms with Crippen LogP contribution in [0.2, 0.25) is 5.02 Å². The van der Waals surface area contributed by atoms with E-state index in [1.807, 2.05) is 0 Å². The highest BCUT2D eigenvalue weighted by atomic mass is 35.5. The van der Waals surface area contributed by atoms with Crippen LogP contribution >= 0.6 is 11.6 Å². The summed E-state index contributed by atoms with van der Waals surface area (Å²) < 4.78 is 11.2. The quantitative estimate of drug-likeness (QED) is 0.376. The standard InChI is InChI=1S/C25H19ClN2O6/c1-33-22-12-15(8-9-21(22)34-14-16-4-2-5-17(10-16)24(30)31)11-20-23(29)28(25(32)27-20)19-7-3-6-18(26)13-19/h2-13H,14H2,1H3,(H,27,32)(H,30,31)/b20-11+. The third-order valence-electron chi connectivity index (χ3n) is 5.01. The Bertz CT molecular complexity index is 1320. The number of aromatic carboxylic acids is 1. The van der Waals surface area contributed by atoms with Gasteiger partial charge >= 0.3 is 12.0 Å². The number of methoxy groups -OCH3 is 1. The van der Waals surface area contributed by atoms with E-state index in [1.54, 1.807) is 48.5 Å². The number of nitrogens with zero attached hydrogens (tertiary/aromatic N) is 1. The molecular formula is C25H19ClN2O6. The number of halogens is 1. The maximum Gasteiger partial charge on any atom is 0.335 e. The van der Waals surface area contributed by atoms with E-state index >= 15 is 0 Å². The Morgan fingerprint density at radius 2 is 1.85 bits per heavy atom. The lowest BCUT2D eigenvalue weighted by Gasteiger charge is -2.12. The Labute approximate surface area is 200 Å². The zero-order chi connectivity index (χ0) is 24.2. The number of carboxylic acids is 1. The van der Waals surface area contributed by atoms with Crippen LogP contribution in [0.25, 0.3) is 6.08 Å². The number of anilines is 1. The normalized spacial score (nSPS) is 14.3. The van der Waals surface area contributed by atoms with Crippen LogP contribution in [0.1, 0.15) is 21.5 Å². The van der Waals surface area contributed by atoms with Gasteiger partial charge in [-0.05, 0) is 59.7 Å². The summed E-state index contributed by atoms with van der Waals surface area (Å²) in [5, 5.41) is 12.1. The number of hydrogen-bond acceptors (Lipinski definition) is 5. The minimum atomic E-state index is -1.01. The van der Waals surface area contributed by atoms with Crippen molar-refractivity contribution in [2.75, 3.05) is 12.0 Å². The van der Waals surface area contributed by atoms with Gasteiger partial charge in [-0.3, -0.25) is 4.79 Å². The van der Waals surface area contributed by atoms with Crippen molar-refractivity contribution in [3.63, 3.8) is 0 Å². The molecule has 1 saturated heterocycles. The highest BCUT2D eigenvalue weighted by Crippen LogP contribution is 2.31. The van der Waals surface area contributed by atoms with Gasteiger partial charge in [0.15, 0.2) is 11.5 Å². The molecule has 0 aliphatic carbocycles. The molecule has 4 rings (SSSR count). The molecule has 3 amide bonds. The lowest BCUT2D eigenvalue weighted by atomic mass is 10.1. The van der Waals surface area contributed by atoms with E-state index in [0.29, 0.717) is 33.3 Å². The van der Waals surface area contributed by atoms with Gasteiger partial charge < -0.3 is 19.9 Å². The molecule has 9 heteroatoms. The Morgan fingerprint density at radius 3 is 2.59 bits per heavy atom. The van der Waals surface area contributed by atoms with Crippen molar-refractivity contribution in [3.8, 4) is 11.5 Å². The first kappa shape index (κ1) is 22.9. The van der Waals surface area contributed by atoms with E-state index in [0.717, 1.165) is 4.90 Å². The molecule has 0 aromatic heterocycles. The van der Waals surface area contributed by atoms with Crippen molar-refractivity contribution in [1.29, 1.82) is 0 Å². The van der Waals surface area contributed by atoms with E-state index in [1.165, 1.54) is 31.4 Å². The van der Waals surface area contributed by atoms with E-state index < -0.39 is 17.9 Å². The molecule has 0 unspecified atom stereocenters. The highest BCUT2D eigenvalue weighted by Gasteiger charge is 2.35. The van der Waals surface area contributed by atoms with Gasteiger partial charge in [0.05, 0.1) is 18.4 Å². The van der Waals surface area contributed by atoms with Gasteiger partial charge in [-0.15, -0.1) is 0 Å². The molecule has 172 valence electrons. The smallest absolute Gasteiger partial charge is 0.335 e. The Kier molecular flexibility index (Phi) is 6.51. The predicted octanol–water partition coefficient (Wildman–Crippen LogP) is 4.72. The average Bonchev–Trinajstić information content (AvgIpc) is 3.10. The van der Waals surface area contributed by atoms with E-state index in [-0.39, 0.29) is 17.9 Å². The molecule has 1 fully saturated rings. The lowest BCUT2D eigenvalue weighted by Crippen LogP contribution is -2.30. The molecule has 0 atom stereocenters. The summed E-state index contributed by atoms with van der Waals surface area (Å²) in [5.74, 6) is -0.677. The fraction of sp³-hybridized carbons (Fsp3) is 0.0800. The number of amides is 3. The van der Waals surface area contributed by atoms with Crippen LogP contribution in [-0.2, 0) is 11.4 Å². The molecule has 0 spiro atoms. The van der Waals surface area contributed by atoms with Gasteiger partial charge in [0, 0.05) is 5.02 Å². The van der Waals surface area contributed by atoms with Gasteiger partial charge in [0.2, 0.25) is 0 Å². The van der Waals surface area contributed by atoms with Gasteiger partial charge in [-0.25, -0.2) is 14.5 Å². The Balaban J connectivity index is 1.52. The van der Waals surface area contributed by atoms with Crippen LogP contribution in [0.15, 0.2) is 72.4 Å². The minimum absolute atomic E-state index is 0.103. The summed E-state index contributed by atoms with van der Waals surface area (Å²) in [4.78, 5) is 37.4. The van der Waals surface area contributed by atoms with Crippen LogP contribution in [0.5, 0.6) is 11.5 Å². The summed E-state index contributed by atoms with van der Waals surface area (Å²) in [6.45, 7) is 0.140. The first-order chi connectivity index (χ1) is 16.4. The average molecular weight is 479 g/mol. The van der Waals surface area contributed by atoms with Crippen molar-refractivity contribution in [3.05, 3.63) is 94.1 Å². The molecular weight excluding hydrogens is 460 g/mol. The molecule has 2 N–H and O–H groups in total. The first-order valence-electron chi connectivity index (χ1n) is 10.1. The maximum atomic E-state index is 12.8. The van der Waals surface area contributed by atoms with Gasteiger partial charge in [0.1, 0.15) is 12.3 Å². The summed E-state index contributed by atoms with van der Waals surface area (Å²) in [6, 6.07) is 17.4. The third-order valence-corrected chi connectivity index (χ3v) is 5.25. The number of nitrogens with one attached hydrogen (secondary N) is 1.